The van der Waals surface area contributed by atoms with Crippen LogP contribution >= 0.6 is 0 Å². The van der Waals surface area contributed by atoms with Crippen molar-refractivity contribution >= 4 is 11.4 Å². The molecule has 0 saturated heterocycles. The van der Waals surface area contributed by atoms with Crippen LogP contribution in [-0.2, 0) is 10.8 Å². The van der Waals surface area contributed by atoms with Crippen molar-refractivity contribution in [1.29, 1.82) is 0 Å². The molecule has 1 N–H and O–H groups in total. The Labute approximate surface area is 154 Å². The summed E-state index contributed by atoms with van der Waals surface area (Å²) in [6.07, 6.45) is -0.345. The molecule has 0 amide bonds. The van der Waals surface area contributed by atoms with Crippen molar-refractivity contribution < 1.29 is 9.66 Å². The highest BCUT2D eigenvalue weighted by Gasteiger charge is 2.32. The van der Waals surface area contributed by atoms with Gasteiger partial charge in [-0.3, -0.25) is 10.1 Å². The number of fused-ring (bicyclic) bond motifs is 1. The van der Waals surface area contributed by atoms with Crippen LogP contribution in [0.15, 0.2) is 36.4 Å². The standard InChI is InChI=1S/C21H26N2O3/c1-20(2,3)14-11-16(21(4,5)6)18-17(12-14)22-19(26-18)13-7-9-15(10-8-13)23(24)25/h7-12,19,22H,1-6H3/t19-/m0/s1. The lowest BCUT2D eigenvalue weighted by Gasteiger charge is -2.26. The van der Waals surface area contributed by atoms with Crippen molar-refractivity contribution in [1.82, 2.24) is 0 Å². The average molecular weight is 354 g/mol. The zero-order valence-electron chi connectivity index (χ0n) is 16.2. The van der Waals surface area contributed by atoms with Gasteiger partial charge in [-0.1, -0.05) is 47.6 Å². The van der Waals surface area contributed by atoms with Crippen molar-refractivity contribution in [2.75, 3.05) is 5.32 Å². The number of hydrogen-bond acceptors (Lipinski definition) is 4. The molecule has 26 heavy (non-hydrogen) atoms. The molecule has 2 aromatic rings. The molecule has 0 unspecified atom stereocenters. The molecular formula is C21H26N2O3. The Kier molecular flexibility index (Phi) is 4.21. The first-order valence-electron chi connectivity index (χ1n) is 8.83. The van der Waals surface area contributed by atoms with Gasteiger partial charge in [-0.2, -0.15) is 0 Å². The van der Waals surface area contributed by atoms with Gasteiger partial charge in [-0.05, 0) is 34.6 Å². The van der Waals surface area contributed by atoms with Gasteiger partial charge in [0.15, 0.2) is 6.23 Å². The van der Waals surface area contributed by atoms with Crippen molar-refractivity contribution in [3.8, 4) is 5.75 Å². The van der Waals surface area contributed by atoms with Crippen LogP contribution in [0.4, 0.5) is 11.4 Å². The fraction of sp³-hybridized carbons (Fsp3) is 0.429. The molecule has 5 nitrogen and oxygen atoms in total. The van der Waals surface area contributed by atoms with Crippen LogP contribution in [0, 0.1) is 10.1 Å². The summed E-state index contributed by atoms with van der Waals surface area (Å²) >= 11 is 0. The minimum absolute atomic E-state index is 0.0299. The first-order chi connectivity index (χ1) is 12.0. The molecule has 1 aliphatic heterocycles. The lowest BCUT2D eigenvalue weighted by Crippen LogP contribution is -2.17. The van der Waals surface area contributed by atoms with E-state index >= 15 is 0 Å². The van der Waals surface area contributed by atoms with Crippen LogP contribution in [0.25, 0.3) is 0 Å². The van der Waals surface area contributed by atoms with Gasteiger partial charge in [-0.15, -0.1) is 0 Å². The van der Waals surface area contributed by atoms with Crippen LogP contribution in [0.2, 0.25) is 0 Å². The maximum Gasteiger partial charge on any atom is 0.269 e. The van der Waals surface area contributed by atoms with Crippen molar-refractivity contribution in [2.45, 2.75) is 58.6 Å². The Hall–Kier alpha value is -2.56. The molecule has 0 aromatic heterocycles. The van der Waals surface area contributed by atoms with E-state index in [9.17, 15) is 10.1 Å². The van der Waals surface area contributed by atoms with E-state index in [0.717, 1.165) is 22.6 Å². The number of non-ortho nitro benzene ring substituents is 1. The number of benzene rings is 2. The molecule has 0 radical (unpaired) electrons. The van der Waals surface area contributed by atoms with Crippen molar-refractivity contribution in [2.24, 2.45) is 0 Å². The second-order valence-corrected chi connectivity index (χ2v) is 8.89. The maximum absolute atomic E-state index is 10.9. The minimum Gasteiger partial charge on any atom is -0.464 e. The Bertz CT molecular complexity index is 843. The van der Waals surface area contributed by atoms with Crippen LogP contribution in [0.3, 0.4) is 0 Å². The fourth-order valence-electron chi connectivity index (χ4n) is 3.06. The molecule has 138 valence electrons. The molecule has 1 heterocycles. The van der Waals surface area contributed by atoms with Gasteiger partial charge in [0.25, 0.3) is 5.69 Å². The van der Waals surface area contributed by atoms with E-state index in [-0.39, 0.29) is 22.7 Å². The second-order valence-electron chi connectivity index (χ2n) is 8.89. The third-order valence-corrected chi connectivity index (χ3v) is 4.69. The van der Waals surface area contributed by atoms with Crippen LogP contribution < -0.4 is 10.1 Å². The van der Waals surface area contributed by atoms with E-state index in [1.54, 1.807) is 12.1 Å². The first kappa shape index (κ1) is 18.2. The molecule has 0 fully saturated rings. The molecule has 5 heteroatoms. The van der Waals surface area contributed by atoms with Crippen LogP contribution in [0.5, 0.6) is 5.75 Å². The average Bonchev–Trinajstić information content (AvgIpc) is 2.96. The summed E-state index contributed by atoms with van der Waals surface area (Å²) in [6, 6.07) is 10.9. The van der Waals surface area contributed by atoms with Gasteiger partial charge in [0.05, 0.1) is 10.6 Å². The summed E-state index contributed by atoms with van der Waals surface area (Å²) in [7, 11) is 0. The largest absolute Gasteiger partial charge is 0.464 e. The minimum atomic E-state index is -0.394. The Morgan fingerprint density at radius 1 is 1.00 bits per heavy atom. The van der Waals surface area contributed by atoms with Gasteiger partial charge >= 0.3 is 0 Å². The summed E-state index contributed by atoms with van der Waals surface area (Å²) in [6.45, 7) is 13.1. The Balaban J connectivity index is 2.00. The SMILES string of the molecule is CC(C)(C)c1cc2c(c(C(C)(C)C)c1)O[C@@H](c1ccc([N+](=O)[O-])cc1)N2. The van der Waals surface area contributed by atoms with E-state index < -0.39 is 4.92 Å². The predicted molar refractivity (Wildman–Crippen MR) is 104 cm³/mol. The summed E-state index contributed by atoms with van der Waals surface area (Å²) in [5, 5.41) is 14.3. The number of nitrogens with zero attached hydrogens (tertiary/aromatic N) is 1. The summed E-state index contributed by atoms with van der Waals surface area (Å²) in [4.78, 5) is 10.5. The molecule has 1 aliphatic rings. The molecule has 0 aliphatic carbocycles. The number of nitro groups is 1. The Morgan fingerprint density at radius 3 is 2.12 bits per heavy atom. The van der Waals surface area contributed by atoms with E-state index in [2.05, 4.69) is 59.0 Å². The lowest BCUT2D eigenvalue weighted by atomic mass is 9.80. The van der Waals surface area contributed by atoms with E-state index in [0.29, 0.717) is 0 Å². The number of nitro benzene ring substituents is 1. The third kappa shape index (κ3) is 3.39. The molecule has 0 spiro atoms. The highest BCUT2D eigenvalue weighted by molar-refractivity contribution is 5.68. The van der Waals surface area contributed by atoms with Crippen molar-refractivity contribution in [3.63, 3.8) is 0 Å². The lowest BCUT2D eigenvalue weighted by molar-refractivity contribution is -0.384. The van der Waals surface area contributed by atoms with E-state index in [1.165, 1.54) is 17.7 Å². The molecule has 2 aromatic carbocycles. The number of anilines is 1. The fourth-order valence-corrected chi connectivity index (χ4v) is 3.06. The summed E-state index contributed by atoms with van der Waals surface area (Å²) < 4.78 is 6.24. The normalized spacial score (nSPS) is 16.6. The third-order valence-electron chi connectivity index (χ3n) is 4.69. The summed E-state index contributed by atoms with van der Waals surface area (Å²) in [5.74, 6) is 0.869. The number of hydrogen-bond donors (Lipinski definition) is 1. The predicted octanol–water partition coefficient (Wildman–Crippen LogP) is 5.69. The maximum atomic E-state index is 10.9. The Morgan fingerprint density at radius 2 is 1.62 bits per heavy atom. The zero-order valence-corrected chi connectivity index (χ0v) is 16.2. The smallest absolute Gasteiger partial charge is 0.269 e. The van der Waals surface area contributed by atoms with Crippen LogP contribution in [-0.4, -0.2) is 4.92 Å². The highest BCUT2D eigenvalue weighted by atomic mass is 16.6. The van der Waals surface area contributed by atoms with Gasteiger partial charge in [0, 0.05) is 23.3 Å². The molecular weight excluding hydrogens is 328 g/mol. The monoisotopic (exact) mass is 354 g/mol. The van der Waals surface area contributed by atoms with Crippen LogP contribution in [0.1, 0.15) is 64.5 Å². The quantitative estimate of drug-likeness (QED) is 0.555. The zero-order chi connectivity index (χ0) is 19.3. The molecule has 0 saturated carbocycles. The summed E-state index contributed by atoms with van der Waals surface area (Å²) in [5.41, 5.74) is 4.31. The van der Waals surface area contributed by atoms with E-state index in [1.807, 2.05) is 0 Å². The number of rotatable bonds is 2. The van der Waals surface area contributed by atoms with E-state index in [4.69, 9.17) is 4.74 Å². The van der Waals surface area contributed by atoms with Crippen molar-refractivity contribution in [3.05, 3.63) is 63.2 Å². The second kappa shape index (κ2) is 6.01. The van der Waals surface area contributed by atoms with Gasteiger partial charge < -0.3 is 10.1 Å². The van der Waals surface area contributed by atoms with Gasteiger partial charge in [-0.25, -0.2) is 0 Å². The van der Waals surface area contributed by atoms with Gasteiger partial charge in [0.2, 0.25) is 0 Å². The van der Waals surface area contributed by atoms with Gasteiger partial charge in [0.1, 0.15) is 5.75 Å². The first-order valence-corrected chi connectivity index (χ1v) is 8.83. The topological polar surface area (TPSA) is 64.4 Å². The molecule has 0 bridgehead atoms. The molecule has 3 rings (SSSR count). The highest BCUT2D eigenvalue weighted by Crippen LogP contribution is 2.47. The molecule has 1 atom stereocenters. The number of ether oxygens (including phenoxy) is 1. The number of nitrogens with one attached hydrogen (secondary N) is 1.